The van der Waals surface area contributed by atoms with Crippen molar-refractivity contribution in [3.63, 3.8) is 0 Å². The van der Waals surface area contributed by atoms with Crippen LogP contribution in [0.4, 0.5) is 5.69 Å². The van der Waals surface area contributed by atoms with Gasteiger partial charge in [0.2, 0.25) is 5.91 Å². The SMILES string of the molecule is Cc1ccc(NC(=O)CN2CCCC[C@@H]2c2ncc[nH]2)cc1C. The number of carbonyl (C=O) groups excluding carboxylic acids is 1. The number of nitrogens with one attached hydrogen (secondary N) is 2. The maximum Gasteiger partial charge on any atom is 0.238 e. The molecule has 1 aromatic heterocycles. The number of aromatic amines is 1. The number of amides is 1. The molecule has 1 fully saturated rings. The molecule has 1 aliphatic heterocycles. The summed E-state index contributed by atoms with van der Waals surface area (Å²) in [5, 5.41) is 3.01. The minimum absolute atomic E-state index is 0.0340. The lowest BCUT2D eigenvalue weighted by Crippen LogP contribution is -2.39. The first-order valence-electron chi connectivity index (χ1n) is 8.24. The Morgan fingerprint density at radius 2 is 2.22 bits per heavy atom. The van der Waals surface area contributed by atoms with E-state index in [-0.39, 0.29) is 11.9 Å². The first-order chi connectivity index (χ1) is 11.1. The van der Waals surface area contributed by atoms with Crippen molar-refractivity contribution in [2.24, 2.45) is 0 Å². The van der Waals surface area contributed by atoms with Crippen LogP contribution in [-0.4, -0.2) is 33.9 Å². The lowest BCUT2D eigenvalue weighted by molar-refractivity contribution is -0.118. The highest BCUT2D eigenvalue weighted by atomic mass is 16.2. The number of imidazole rings is 1. The second-order valence-corrected chi connectivity index (χ2v) is 6.30. The van der Waals surface area contributed by atoms with E-state index >= 15 is 0 Å². The van der Waals surface area contributed by atoms with Crippen LogP contribution in [0, 0.1) is 13.8 Å². The summed E-state index contributed by atoms with van der Waals surface area (Å²) in [7, 11) is 0. The van der Waals surface area contributed by atoms with Gasteiger partial charge >= 0.3 is 0 Å². The zero-order valence-electron chi connectivity index (χ0n) is 13.8. The van der Waals surface area contributed by atoms with Crippen LogP contribution < -0.4 is 5.32 Å². The summed E-state index contributed by atoms with van der Waals surface area (Å²) in [6.45, 7) is 5.47. The average Bonchev–Trinajstić information content (AvgIpc) is 3.06. The Kier molecular flexibility index (Phi) is 4.76. The molecule has 23 heavy (non-hydrogen) atoms. The number of benzene rings is 1. The van der Waals surface area contributed by atoms with E-state index in [9.17, 15) is 4.79 Å². The Balaban J connectivity index is 1.64. The number of likely N-dealkylation sites (tertiary alicyclic amines) is 1. The standard InChI is InChI=1S/C18H24N4O/c1-13-6-7-15(11-14(13)2)21-17(23)12-22-10-4-3-5-16(22)18-19-8-9-20-18/h6-9,11,16H,3-5,10,12H2,1-2H3,(H,19,20)(H,21,23)/t16-/m1/s1. The second-order valence-electron chi connectivity index (χ2n) is 6.30. The van der Waals surface area contributed by atoms with Crippen LogP contribution in [-0.2, 0) is 4.79 Å². The van der Waals surface area contributed by atoms with Crippen LogP contribution in [0.1, 0.15) is 42.3 Å². The number of H-pyrrole nitrogens is 1. The Morgan fingerprint density at radius 3 is 2.96 bits per heavy atom. The van der Waals surface area contributed by atoms with Gasteiger partial charge in [-0.2, -0.15) is 0 Å². The van der Waals surface area contributed by atoms with Gasteiger partial charge in [-0.15, -0.1) is 0 Å². The molecule has 2 N–H and O–H groups in total. The van der Waals surface area contributed by atoms with Crippen LogP contribution >= 0.6 is 0 Å². The van der Waals surface area contributed by atoms with E-state index in [1.165, 1.54) is 17.5 Å². The van der Waals surface area contributed by atoms with Crippen molar-refractivity contribution in [1.29, 1.82) is 0 Å². The fourth-order valence-electron chi connectivity index (χ4n) is 3.15. The van der Waals surface area contributed by atoms with Crippen LogP contribution in [0.3, 0.4) is 0 Å². The van der Waals surface area contributed by atoms with E-state index in [0.29, 0.717) is 6.54 Å². The molecule has 5 nitrogen and oxygen atoms in total. The number of carbonyl (C=O) groups is 1. The Bertz CT molecular complexity index is 666. The Labute approximate surface area is 137 Å². The molecule has 2 heterocycles. The number of aromatic nitrogens is 2. The summed E-state index contributed by atoms with van der Waals surface area (Å²) in [6.07, 6.45) is 6.98. The monoisotopic (exact) mass is 312 g/mol. The van der Waals surface area contributed by atoms with Gasteiger partial charge in [-0.3, -0.25) is 9.69 Å². The van der Waals surface area contributed by atoms with Crippen molar-refractivity contribution in [3.05, 3.63) is 47.5 Å². The van der Waals surface area contributed by atoms with Crippen molar-refractivity contribution in [3.8, 4) is 0 Å². The van der Waals surface area contributed by atoms with Crippen LogP contribution in [0.15, 0.2) is 30.6 Å². The van der Waals surface area contributed by atoms with Crippen LogP contribution in [0.25, 0.3) is 0 Å². The second kappa shape index (κ2) is 6.96. The third-order valence-electron chi connectivity index (χ3n) is 4.59. The molecule has 0 unspecified atom stereocenters. The van der Waals surface area contributed by atoms with Gasteiger partial charge in [0.25, 0.3) is 0 Å². The largest absolute Gasteiger partial charge is 0.347 e. The molecule has 0 bridgehead atoms. The summed E-state index contributed by atoms with van der Waals surface area (Å²) < 4.78 is 0. The molecule has 0 spiro atoms. The molecule has 1 aromatic carbocycles. The smallest absolute Gasteiger partial charge is 0.238 e. The molecule has 1 aliphatic rings. The number of nitrogens with zero attached hydrogens (tertiary/aromatic N) is 2. The summed E-state index contributed by atoms with van der Waals surface area (Å²) in [5.41, 5.74) is 3.29. The van der Waals surface area contributed by atoms with Gasteiger partial charge in [-0.05, 0) is 56.5 Å². The van der Waals surface area contributed by atoms with Crippen molar-refractivity contribution in [2.75, 3.05) is 18.4 Å². The number of piperidine rings is 1. The molecular weight excluding hydrogens is 288 g/mol. The third kappa shape index (κ3) is 3.79. The molecule has 3 rings (SSSR count). The first kappa shape index (κ1) is 15.7. The minimum Gasteiger partial charge on any atom is -0.347 e. The van der Waals surface area contributed by atoms with E-state index in [2.05, 4.69) is 34.0 Å². The van der Waals surface area contributed by atoms with Gasteiger partial charge in [-0.25, -0.2) is 4.98 Å². The highest BCUT2D eigenvalue weighted by Gasteiger charge is 2.27. The molecule has 122 valence electrons. The molecule has 1 amide bonds. The molecule has 1 atom stereocenters. The fraction of sp³-hybridized carbons (Fsp3) is 0.444. The van der Waals surface area contributed by atoms with Gasteiger partial charge in [-0.1, -0.05) is 12.5 Å². The zero-order chi connectivity index (χ0) is 16.2. The number of aryl methyl sites for hydroxylation is 2. The van der Waals surface area contributed by atoms with Crippen molar-refractivity contribution < 1.29 is 4.79 Å². The summed E-state index contributed by atoms with van der Waals surface area (Å²) in [6, 6.07) is 6.23. The highest BCUT2D eigenvalue weighted by molar-refractivity contribution is 5.92. The van der Waals surface area contributed by atoms with E-state index < -0.39 is 0 Å². The van der Waals surface area contributed by atoms with Gasteiger partial charge in [0.1, 0.15) is 5.82 Å². The minimum atomic E-state index is 0.0340. The van der Waals surface area contributed by atoms with Gasteiger partial charge < -0.3 is 10.3 Å². The predicted octanol–water partition coefficient (Wildman–Crippen LogP) is 3.19. The molecule has 0 aliphatic carbocycles. The van der Waals surface area contributed by atoms with E-state index in [1.807, 2.05) is 24.4 Å². The maximum atomic E-state index is 12.4. The quantitative estimate of drug-likeness (QED) is 0.911. The van der Waals surface area contributed by atoms with E-state index in [1.54, 1.807) is 6.20 Å². The fourth-order valence-corrected chi connectivity index (χ4v) is 3.15. The van der Waals surface area contributed by atoms with Gasteiger partial charge in [0.15, 0.2) is 0 Å². The highest BCUT2D eigenvalue weighted by Crippen LogP contribution is 2.28. The van der Waals surface area contributed by atoms with Crippen LogP contribution in [0.2, 0.25) is 0 Å². The molecule has 1 saturated heterocycles. The summed E-state index contributed by atoms with van der Waals surface area (Å²) in [5.74, 6) is 0.996. The normalized spacial score (nSPS) is 18.8. The summed E-state index contributed by atoms with van der Waals surface area (Å²) >= 11 is 0. The van der Waals surface area contributed by atoms with Crippen LogP contribution in [0.5, 0.6) is 0 Å². The topological polar surface area (TPSA) is 61.0 Å². The number of anilines is 1. The third-order valence-corrected chi connectivity index (χ3v) is 4.59. The van der Waals surface area contributed by atoms with E-state index in [4.69, 9.17) is 0 Å². The van der Waals surface area contributed by atoms with Crippen molar-refractivity contribution >= 4 is 11.6 Å². The molecular formula is C18H24N4O. The molecule has 5 heteroatoms. The molecule has 2 aromatic rings. The van der Waals surface area contributed by atoms with Gasteiger partial charge in [0, 0.05) is 18.1 Å². The van der Waals surface area contributed by atoms with Crippen molar-refractivity contribution in [2.45, 2.75) is 39.2 Å². The number of hydrogen-bond donors (Lipinski definition) is 2. The van der Waals surface area contributed by atoms with Crippen molar-refractivity contribution in [1.82, 2.24) is 14.9 Å². The Hall–Kier alpha value is -2.14. The lowest BCUT2D eigenvalue weighted by Gasteiger charge is -2.33. The van der Waals surface area contributed by atoms with Gasteiger partial charge in [0.05, 0.1) is 12.6 Å². The Morgan fingerprint density at radius 1 is 1.35 bits per heavy atom. The predicted molar refractivity (Wildman–Crippen MR) is 91.3 cm³/mol. The average molecular weight is 312 g/mol. The zero-order valence-corrected chi connectivity index (χ0v) is 13.8. The molecule has 0 saturated carbocycles. The number of rotatable bonds is 4. The summed E-state index contributed by atoms with van der Waals surface area (Å²) in [4.78, 5) is 22.2. The maximum absolute atomic E-state index is 12.4. The van der Waals surface area contributed by atoms with E-state index in [0.717, 1.165) is 30.9 Å². The number of hydrogen-bond acceptors (Lipinski definition) is 3. The first-order valence-corrected chi connectivity index (χ1v) is 8.24. The molecule has 0 radical (unpaired) electrons. The lowest BCUT2D eigenvalue weighted by atomic mass is 10.0.